The first-order chi connectivity index (χ1) is 15.3. The lowest BCUT2D eigenvalue weighted by molar-refractivity contribution is 0.1000. The maximum Gasteiger partial charge on any atom is 0.248 e. The number of benzene rings is 2. The van der Waals surface area contributed by atoms with Crippen LogP contribution in [0.1, 0.15) is 52.3 Å². The quantitative estimate of drug-likeness (QED) is 0.327. The number of rotatable bonds is 9. The maximum absolute atomic E-state index is 11.3. The molecule has 0 unspecified atom stereocenters. The molecule has 0 atom stereocenters. The highest BCUT2D eigenvalue weighted by Gasteiger charge is 2.19. The number of pyridine rings is 1. The molecule has 8 heteroatoms. The second-order valence-electron chi connectivity index (χ2n) is 8.36. The van der Waals surface area contributed by atoms with Crippen LogP contribution in [0.5, 0.6) is 0 Å². The molecule has 0 saturated carbocycles. The SMILES string of the molecule is Cc1nc(CC(C)C)c(CN)c(-c2ccc(CN)cc2)c1CSc1ccc(C(N)=O)cc1.Cl.Cl. The predicted molar refractivity (Wildman–Crippen MR) is 148 cm³/mol. The molecule has 0 aliphatic rings. The number of aryl methyl sites for hydroxylation is 1. The highest BCUT2D eigenvalue weighted by molar-refractivity contribution is 7.98. The van der Waals surface area contributed by atoms with Crippen LogP contribution in [0.4, 0.5) is 0 Å². The van der Waals surface area contributed by atoms with Crippen LogP contribution in [0.2, 0.25) is 0 Å². The number of thioether (sulfide) groups is 1. The van der Waals surface area contributed by atoms with E-state index in [9.17, 15) is 4.79 Å². The van der Waals surface area contributed by atoms with Gasteiger partial charge in [-0.15, -0.1) is 36.6 Å². The number of carbonyl (C=O) groups excluding carboxylic acids is 1. The molecule has 0 aliphatic carbocycles. The number of hydrogen-bond acceptors (Lipinski definition) is 5. The van der Waals surface area contributed by atoms with Gasteiger partial charge in [-0.2, -0.15) is 0 Å². The van der Waals surface area contributed by atoms with Gasteiger partial charge in [-0.3, -0.25) is 9.78 Å². The second-order valence-corrected chi connectivity index (χ2v) is 9.41. The van der Waals surface area contributed by atoms with Gasteiger partial charge in [0.25, 0.3) is 0 Å². The predicted octanol–water partition coefficient (Wildman–Crippen LogP) is 5.41. The van der Waals surface area contributed by atoms with Crippen molar-refractivity contribution in [3.63, 3.8) is 0 Å². The molecule has 0 aliphatic heterocycles. The summed E-state index contributed by atoms with van der Waals surface area (Å²) in [7, 11) is 0. The van der Waals surface area contributed by atoms with Gasteiger partial charge in [0, 0.05) is 40.7 Å². The topological polar surface area (TPSA) is 108 Å². The van der Waals surface area contributed by atoms with Crippen molar-refractivity contribution in [2.24, 2.45) is 23.1 Å². The first-order valence-corrected chi connectivity index (χ1v) is 11.9. The van der Waals surface area contributed by atoms with Crippen molar-refractivity contribution >= 4 is 42.5 Å². The minimum Gasteiger partial charge on any atom is -0.366 e. The molecule has 0 saturated heterocycles. The minimum atomic E-state index is -0.418. The number of amides is 1. The Morgan fingerprint density at radius 3 is 2.06 bits per heavy atom. The van der Waals surface area contributed by atoms with Crippen molar-refractivity contribution in [3.8, 4) is 11.1 Å². The van der Waals surface area contributed by atoms with Crippen molar-refractivity contribution in [3.05, 3.63) is 82.2 Å². The van der Waals surface area contributed by atoms with Crippen LogP contribution in [0.25, 0.3) is 11.1 Å². The normalized spacial score (nSPS) is 10.5. The summed E-state index contributed by atoms with van der Waals surface area (Å²) in [5.74, 6) is 0.819. The van der Waals surface area contributed by atoms with Gasteiger partial charge in [-0.1, -0.05) is 38.1 Å². The Balaban J connectivity index is 0.00000289. The molecule has 0 radical (unpaired) electrons. The highest BCUT2D eigenvalue weighted by atomic mass is 35.5. The summed E-state index contributed by atoms with van der Waals surface area (Å²) in [5.41, 5.74) is 25.8. The van der Waals surface area contributed by atoms with Gasteiger partial charge < -0.3 is 17.2 Å². The molecule has 5 nitrogen and oxygen atoms in total. The third kappa shape index (κ3) is 7.20. The Kier molecular flexibility index (Phi) is 12.1. The van der Waals surface area contributed by atoms with Gasteiger partial charge in [-0.25, -0.2) is 0 Å². The lowest BCUT2D eigenvalue weighted by Gasteiger charge is -2.21. The molecule has 0 spiro atoms. The summed E-state index contributed by atoms with van der Waals surface area (Å²) >= 11 is 1.71. The minimum absolute atomic E-state index is 0. The van der Waals surface area contributed by atoms with Crippen LogP contribution < -0.4 is 17.2 Å². The first kappa shape index (κ1) is 29.9. The summed E-state index contributed by atoms with van der Waals surface area (Å²) in [6.45, 7) is 7.43. The molecule has 3 aromatic rings. The number of hydrogen-bond donors (Lipinski definition) is 3. The monoisotopic (exact) mass is 520 g/mol. The third-order valence-corrected chi connectivity index (χ3v) is 6.54. The zero-order valence-electron chi connectivity index (χ0n) is 19.8. The fourth-order valence-corrected chi connectivity index (χ4v) is 4.82. The van der Waals surface area contributed by atoms with Gasteiger partial charge in [0.15, 0.2) is 0 Å². The van der Waals surface area contributed by atoms with Crippen LogP contribution in [0.3, 0.4) is 0 Å². The van der Waals surface area contributed by atoms with E-state index in [-0.39, 0.29) is 24.8 Å². The van der Waals surface area contributed by atoms with Crippen LogP contribution >= 0.6 is 36.6 Å². The molecule has 34 heavy (non-hydrogen) atoms. The molecule has 6 N–H and O–H groups in total. The van der Waals surface area contributed by atoms with Gasteiger partial charge >= 0.3 is 0 Å². The Morgan fingerprint density at radius 1 is 0.941 bits per heavy atom. The Hall–Kier alpha value is -2.09. The van der Waals surface area contributed by atoms with Crippen molar-refractivity contribution in [2.75, 3.05) is 0 Å². The molecule has 1 amide bonds. The van der Waals surface area contributed by atoms with Crippen molar-refractivity contribution in [1.29, 1.82) is 0 Å². The summed E-state index contributed by atoms with van der Waals surface area (Å²) in [6, 6.07) is 15.8. The first-order valence-electron chi connectivity index (χ1n) is 10.9. The molecule has 3 rings (SSSR count). The summed E-state index contributed by atoms with van der Waals surface area (Å²) < 4.78 is 0. The number of nitrogens with two attached hydrogens (primary N) is 3. The van der Waals surface area contributed by atoms with E-state index in [1.165, 1.54) is 11.1 Å². The van der Waals surface area contributed by atoms with Gasteiger partial charge in [0.1, 0.15) is 0 Å². The van der Waals surface area contributed by atoms with E-state index in [2.05, 4.69) is 45.0 Å². The van der Waals surface area contributed by atoms with E-state index in [0.29, 0.717) is 24.6 Å². The zero-order chi connectivity index (χ0) is 23.3. The average Bonchev–Trinajstić information content (AvgIpc) is 2.78. The van der Waals surface area contributed by atoms with E-state index >= 15 is 0 Å². The summed E-state index contributed by atoms with van der Waals surface area (Å²) in [5, 5.41) is 0. The van der Waals surface area contributed by atoms with Crippen LogP contribution in [-0.4, -0.2) is 10.9 Å². The van der Waals surface area contributed by atoms with Crippen LogP contribution in [-0.2, 0) is 25.3 Å². The fourth-order valence-electron chi connectivity index (χ4n) is 3.82. The Bertz CT molecular complexity index is 1090. The summed E-state index contributed by atoms with van der Waals surface area (Å²) in [4.78, 5) is 17.4. The highest BCUT2D eigenvalue weighted by Crippen LogP contribution is 2.36. The molecule has 1 heterocycles. The zero-order valence-corrected chi connectivity index (χ0v) is 22.3. The molecule has 184 valence electrons. The number of aromatic nitrogens is 1. The average molecular weight is 522 g/mol. The summed E-state index contributed by atoms with van der Waals surface area (Å²) in [6.07, 6.45) is 0.892. The maximum atomic E-state index is 11.3. The number of carbonyl (C=O) groups is 1. The lowest BCUT2D eigenvalue weighted by Crippen LogP contribution is -2.13. The van der Waals surface area contributed by atoms with E-state index in [0.717, 1.165) is 45.1 Å². The number of primary amides is 1. The van der Waals surface area contributed by atoms with E-state index in [4.69, 9.17) is 22.2 Å². The molecular formula is C26H34Cl2N4OS. The lowest BCUT2D eigenvalue weighted by atomic mass is 9.90. The van der Waals surface area contributed by atoms with Crippen molar-refractivity contribution in [2.45, 2.75) is 50.9 Å². The van der Waals surface area contributed by atoms with Crippen molar-refractivity contribution in [1.82, 2.24) is 4.98 Å². The molecule has 1 aromatic heterocycles. The standard InChI is InChI=1S/C26H32N4OS.2ClH/c1-16(2)12-24-22(14-28)25(19-6-4-18(13-27)5-7-19)23(17(3)30-24)15-32-21-10-8-20(9-11-21)26(29)31;;/h4-11,16H,12-15,27-28H2,1-3H3,(H2,29,31);2*1H. The second kappa shape index (κ2) is 13.7. The van der Waals surface area contributed by atoms with Crippen LogP contribution in [0, 0.1) is 12.8 Å². The van der Waals surface area contributed by atoms with E-state index < -0.39 is 5.91 Å². The van der Waals surface area contributed by atoms with E-state index in [1.54, 1.807) is 23.9 Å². The number of halogens is 2. The number of nitrogens with zero attached hydrogens (tertiary/aromatic N) is 1. The molecular weight excluding hydrogens is 487 g/mol. The van der Waals surface area contributed by atoms with Crippen molar-refractivity contribution < 1.29 is 4.79 Å². The molecule has 2 aromatic carbocycles. The van der Waals surface area contributed by atoms with Crippen LogP contribution in [0.15, 0.2) is 53.4 Å². The Labute approximate surface area is 219 Å². The van der Waals surface area contributed by atoms with E-state index in [1.807, 2.05) is 12.1 Å². The molecule has 0 fully saturated rings. The van der Waals surface area contributed by atoms with Gasteiger partial charge in [-0.05, 0) is 71.3 Å². The van der Waals surface area contributed by atoms with Gasteiger partial charge in [0.05, 0.1) is 0 Å². The molecule has 0 bridgehead atoms. The van der Waals surface area contributed by atoms with Gasteiger partial charge in [0.2, 0.25) is 5.91 Å². The third-order valence-electron chi connectivity index (χ3n) is 5.50. The smallest absolute Gasteiger partial charge is 0.248 e. The fraction of sp³-hybridized carbons (Fsp3) is 0.308. The largest absolute Gasteiger partial charge is 0.366 e. The Morgan fingerprint density at radius 2 is 1.56 bits per heavy atom.